The smallest absolute Gasteiger partial charge is 0.245 e. The van der Waals surface area contributed by atoms with Gasteiger partial charge in [0.25, 0.3) is 0 Å². The quantitative estimate of drug-likeness (QED) is 0.895. The summed E-state index contributed by atoms with van der Waals surface area (Å²) in [4.78, 5) is 25.3. The second kappa shape index (κ2) is 7.08. The van der Waals surface area contributed by atoms with E-state index in [9.17, 15) is 9.59 Å². The molecular weight excluding hydrogens is 252 g/mol. The Labute approximate surface area is 121 Å². The van der Waals surface area contributed by atoms with Crippen molar-refractivity contribution >= 4 is 11.8 Å². The van der Waals surface area contributed by atoms with Crippen molar-refractivity contribution in [3.05, 3.63) is 35.4 Å². The van der Waals surface area contributed by atoms with E-state index in [-0.39, 0.29) is 17.7 Å². The summed E-state index contributed by atoms with van der Waals surface area (Å²) in [6.07, 6.45) is 0. The number of hydrogen-bond donors (Lipinski definition) is 1. The minimum absolute atomic E-state index is 0.0570. The largest absolute Gasteiger partial charge is 0.344 e. The summed E-state index contributed by atoms with van der Waals surface area (Å²) in [6, 6.07) is 7.52. The first-order chi connectivity index (χ1) is 9.32. The summed E-state index contributed by atoms with van der Waals surface area (Å²) in [5.41, 5.74) is 2.28. The molecule has 1 aromatic carbocycles. The SMILES string of the molecule is CC(=O)NC(C(=O)N(C)Cc1ccccc1C)C(C)C. The predicted molar refractivity (Wildman–Crippen MR) is 80.1 cm³/mol. The Morgan fingerprint density at radius 2 is 1.85 bits per heavy atom. The number of nitrogens with zero attached hydrogens (tertiary/aromatic N) is 1. The van der Waals surface area contributed by atoms with Gasteiger partial charge in [-0.25, -0.2) is 0 Å². The number of aryl methyl sites for hydroxylation is 1. The summed E-state index contributed by atoms with van der Waals surface area (Å²) in [5, 5.41) is 2.73. The Kier molecular flexibility index (Phi) is 5.74. The van der Waals surface area contributed by atoms with Crippen LogP contribution in [0.2, 0.25) is 0 Å². The van der Waals surface area contributed by atoms with Crippen molar-refractivity contribution < 1.29 is 9.59 Å². The van der Waals surface area contributed by atoms with E-state index in [1.165, 1.54) is 6.92 Å². The van der Waals surface area contributed by atoms with Crippen LogP contribution in [0.25, 0.3) is 0 Å². The van der Waals surface area contributed by atoms with Gasteiger partial charge in [-0.05, 0) is 24.0 Å². The van der Waals surface area contributed by atoms with Gasteiger partial charge in [0.15, 0.2) is 0 Å². The molecule has 4 nitrogen and oxygen atoms in total. The molecule has 0 bridgehead atoms. The van der Waals surface area contributed by atoms with E-state index >= 15 is 0 Å². The molecule has 0 saturated heterocycles. The third-order valence-corrected chi connectivity index (χ3v) is 3.34. The van der Waals surface area contributed by atoms with Crippen LogP contribution in [-0.2, 0) is 16.1 Å². The van der Waals surface area contributed by atoms with Crippen molar-refractivity contribution in [3.63, 3.8) is 0 Å². The van der Waals surface area contributed by atoms with Gasteiger partial charge in [-0.15, -0.1) is 0 Å². The molecule has 2 amide bonds. The highest BCUT2D eigenvalue weighted by Crippen LogP contribution is 2.12. The molecule has 0 aliphatic heterocycles. The van der Waals surface area contributed by atoms with Gasteiger partial charge < -0.3 is 10.2 Å². The zero-order valence-corrected chi connectivity index (χ0v) is 12.9. The molecule has 0 aliphatic carbocycles. The topological polar surface area (TPSA) is 49.4 Å². The van der Waals surface area contributed by atoms with Gasteiger partial charge in [0, 0.05) is 20.5 Å². The molecule has 0 aliphatic rings. The number of nitrogens with one attached hydrogen (secondary N) is 1. The number of carbonyl (C=O) groups excluding carboxylic acids is 2. The monoisotopic (exact) mass is 276 g/mol. The molecule has 0 aromatic heterocycles. The van der Waals surface area contributed by atoms with Crippen LogP contribution < -0.4 is 5.32 Å². The maximum absolute atomic E-state index is 12.4. The van der Waals surface area contributed by atoms with Crippen LogP contribution in [0.4, 0.5) is 0 Å². The highest BCUT2D eigenvalue weighted by atomic mass is 16.2. The van der Waals surface area contributed by atoms with E-state index in [4.69, 9.17) is 0 Å². The molecule has 1 rings (SSSR count). The van der Waals surface area contributed by atoms with Crippen molar-refractivity contribution in [2.75, 3.05) is 7.05 Å². The number of hydrogen-bond acceptors (Lipinski definition) is 2. The van der Waals surface area contributed by atoms with Gasteiger partial charge in [0.1, 0.15) is 6.04 Å². The van der Waals surface area contributed by atoms with Crippen LogP contribution >= 0.6 is 0 Å². The Bertz CT molecular complexity index is 483. The summed E-state index contributed by atoms with van der Waals surface area (Å²) >= 11 is 0. The first kappa shape index (κ1) is 16.2. The zero-order valence-electron chi connectivity index (χ0n) is 12.9. The van der Waals surface area contributed by atoms with Gasteiger partial charge in [0.05, 0.1) is 0 Å². The minimum Gasteiger partial charge on any atom is -0.344 e. The fourth-order valence-electron chi connectivity index (χ4n) is 2.09. The maximum Gasteiger partial charge on any atom is 0.245 e. The fraction of sp³-hybridized carbons (Fsp3) is 0.500. The highest BCUT2D eigenvalue weighted by molar-refractivity contribution is 5.86. The lowest BCUT2D eigenvalue weighted by Gasteiger charge is -2.27. The van der Waals surface area contributed by atoms with Gasteiger partial charge in [-0.2, -0.15) is 0 Å². The van der Waals surface area contributed by atoms with Crippen LogP contribution in [0.15, 0.2) is 24.3 Å². The summed E-state index contributed by atoms with van der Waals surface area (Å²) in [5.74, 6) is -0.175. The second-order valence-electron chi connectivity index (χ2n) is 5.54. The van der Waals surface area contributed by atoms with E-state index in [0.717, 1.165) is 11.1 Å². The number of benzene rings is 1. The van der Waals surface area contributed by atoms with Crippen molar-refractivity contribution in [3.8, 4) is 0 Å². The normalized spacial score (nSPS) is 12.1. The molecule has 0 radical (unpaired) electrons. The van der Waals surface area contributed by atoms with Crippen molar-refractivity contribution in [2.24, 2.45) is 5.92 Å². The van der Waals surface area contributed by atoms with Crippen LogP contribution in [0, 0.1) is 12.8 Å². The lowest BCUT2D eigenvalue weighted by Crippen LogP contribution is -2.49. The van der Waals surface area contributed by atoms with Gasteiger partial charge in [-0.1, -0.05) is 38.1 Å². The third-order valence-electron chi connectivity index (χ3n) is 3.34. The molecule has 1 N–H and O–H groups in total. The molecule has 110 valence electrons. The van der Waals surface area contributed by atoms with E-state index in [1.54, 1.807) is 11.9 Å². The van der Waals surface area contributed by atoms with Crippen molar-refractivity contribution in [2.45, 2.75) is 40.3 Å². The average molecular weight is 276 g/mol. The van der Waals surface area contributed by atoms with Crippen LogP contribution in [0.5, 0.6) is 0 Å². The third kappa shape index (κ3) is 4.37. The fourth-order valence-corrected chi connectivity index (χ4v) is 2.09. The molecule has 20 heavy (non-hydrogen) atoms. The standard InChI is InChI=1S/C16H24N2O2/c1-11(2)15(17-13(4)19)16(20)18(5)10-14-9-7-6-8-12(14)3/h6-9,11,15H,10H2,1-5H3,(H,17,19). The Morgan fingerprint density at radius 1 is 1.25 bits per heavy atom. The van der Waals surface area contributed by atoms with Crippen molar-refractivity contribution in [1.82, 2.24) is 10.2 Å². The maximum atomic E-state index is 12.4. The molecular formula is C16H24N2O2. The van der Waals surface area contributed by atoms with Crippen LogP contribution in [-0.4, -0.2) is 29.8 Å². The summed E-state index contributed by atoms with van der Waals surface area (Å²) in [7, 11) is 1.77. The first-order valence-corrected chi connectivity index (χ1v) is 6.89. The van der Waals surface area contributed by atoms with Crippen LogP contribution in [0.3, 0.4) is 0 Å². The minimum atomic E-state index is -0.471. The van der Waals surface area contributed by atoms with E-state index in [1.807, 2.05) is 45.0 Å². The lowest BCUT2D eigenvalue weighted by molar-refractivity contribution is -0.136. The lowest BCUT2D eigenvalue weighted by atomic mass is 10.0. The van der Waals surface area contributed by atoms with Gasteiger partial charge in [-0.3, -0.25) is 9.59 Å². The molecule has 0 fully saturated rings. The number of rotatable bonds is 5. The number of carbonyl (C=O) groups is 2. The van der Waals surface area contributed by atoms with Crippen molar-refractivity contribution in [1.29, 1.82) is 0 Å². The Hall–Kier alpha value is -1.84. The van der Waals surface area contributed by atoms with E-state index in [0.29, 0.717) is 6.54 Å². The Balaban J connectivity index is 2.79. The van der Waals surface area contributed by atoms with Crippen LogP contribution in [0.1, 0.15) is 31.9 Å². The number of likely N-dealkylation sites (N-methyl/N-ethyl adjacent to an activating group) is 1. The van der Waals surface area contributed by atoms with E-state index in [2.05, 4.69) is 5.32 Å². The average Bonchev–Trinajstić information content (AvgIpc) is 2.37. The molecule has 1 atom stereocenters. The molecule has 1 unspecified atom stereocenters. The molecule has 1 aromatic rings. The molecule has 0 saturated carbocycles. The first-order valence-electron chi connectivity index (χ1n) is 6.89. The summed E-state index contributed by atoms with van der Waals surface area (Å²) in [6.45, 7) is 7.87. The van der Waals surface area contributed by atoms with Gasteiger partial charge in [0.2, 0.25) is 11.8 Å². The predicted octanol–water partition coefficient (Wildman–Crippen LogP) is 2.11. The molecule has 0 spiro atoms. The Morgan fingerprint density at radius 3 is 2.35 bits per heavy atom. The molecule has 4 heteroatoms. The zero-order chi connectivity index (χ0) is 15.3. The summed E-state index contributed by atoms with van der Waals surface area (Å²) < 4.78 is 0. The van der Waals surface area contributed by atoms with Gasteiger partial charge >= 0.3 is 0 Å². The van der Waals surface area contributed by atoms with E-state index < -0.39 is 6.04 Å². The molecule has 0 heterocycles. The number of amides is 2. The highest BCUT2D eigenvalue weighted by Gasteiger charge is 2.26. The second-order valence-corrected chi connectivity index (χ2v) is 5.54.